The number of halogens is 1. The largest absolute Gasteiger partial charge is 0.370 e. The van der Waals surface area contributed by atoms with Crippen molar-refractivity contribution in [2.24, 2.45) is 11.1 Å². The Morgan fingerprint density at radius 3 is 2.78 bits per heavy atom. The quantitative estimate of drug-likeness (QED) is 0.823. The van der Waals surface area contributed by atoms with Gasteiger partial charge in [-0.25, -0.2) is 4.39 Å². The molecule has 2 rings (SSSR count). The third kappa shape index (κ3) is 2.20. The summed E-state index contributed by atoms with van der Waals surface area (Å²) in [5.74, 6) is -0.806. The Kier molecular flexibility index (Phi) is 3.07. The molecule has 1 aromatic carbocycles. The van der Waals surface area contributed by atoms with Gasteiger partial charge in [0.25, 0.3) is 0 Å². The minimum absolute atomic E-state index is 0.290. The fraction of sp³-hybridized carbons (Fsp3) is 0.385. The van der Waals surface area contributed by atoms with Crippen molar-refractivity contribution in [1.82, 2.24) is 0 Å². The number of nitrogens with two attached hydrogens (primary N) is 1. The first-order valence-corrected chi connectivity index (χ1v) is 5.75. The lowest BCUT2D eigenvalue weighted by molar-refractivity contribution is -0.125. The van der Waals surface area contributed by atoms with Crippen molar-refractivity contribution in [3.05, 3.63) is 29.6 Å². The van der Waals surface area contributed by atoms with Crippen LogP contribution >= 0.6 is 0 Å². The average Bonchev–Trinajstić information content (AvgIpc) is 2.72. The summed E-state index contributed by atoms with van der Waals surface area (Å²) in [6.07, 6.45) is 1.24. The molecular formula is C13H15FN2O2. The van der Waals surface area contributed by atoms with E-state index < -0.39 is 11.2 Å². The minimum Gasteiger partial charge on any atom is -0.370 e. The Hall–Kier alpha value is -1.91. The van der Waals surface area contributed by atoms with Crippen LogP contribution in [0.3, 0.4) is 0 Å². The summed E-state index contributed by atoms with van der Waals surface area (Å²) < 4.78 is 13.3. The van der Waals surface area contributed by atoms with Crippen LogP contribution in [0.2, 0.25) is 0 Å². The lowest BCUT2D eigenvalue weighted by atomic mass is 9.89. The second kappa shape index (κ2) is 4.40. The fourth-order valence-corrected chi connectivity index (χ4v) is 2.23. The van der Waals surface area contributed by atoms with E-state index >= 15 is 0 Å². The molecule has 1 unspecified atom stereocenters. The summed E-state index contributed by atoms with van der Waals surface area (Å²) in [7, 11) is 0. The standard InChI is InChI=1S/C13H15FN2O2/c1-13(12(15)18)2-3-16(8-13)11-5-9(7-17)4-10(14)6-11/h4-7H,2-3,8H2,1H3,(H2,15,18). The fourth-order valence-electron chi connectivity index (χ4n) is 2.23. The van der Waals surface area contributed by atoms with Gasteiger partial charge in [0, 0.05) is 24.3 Å². The highest BCUT2D eigenvalue weighted by atomic mass is 19.1. The minimum atomic E-state index is -0.590. The Morgan fingerprint density at radius 2 is 2.22 bits per heavy atom. The maximum absolute atomic E-state index is 13.3. The first-order chi connectivity index (χ1) is 8.44. The van der Waals surface area contributed by atoms with Crippen LogP contribution < -0.4 is 10.6 Å². The maximum Gasteiger partial charge on any atom is 0.225 e. The highest BCUT2D eigenvalue weighted by Gasteiger charge is 2.39. The maximum atomic E-state index is 13.3. The van der Waals surface area contributed by atoms with Gasteiger partial charge in [0.2, 0.25) is 5.91 Å². The zero-order chi connectivity index (χ0) is 13.3. The molecule has 1 aliphatic heterocycles. The molecule has 0 aliphatic carbocycles. The number of carbonyl (C=O) groups is 2. The number of anilines is 1. The van der Waals surface area contributed by atoms with E-state index in [9.17, 15) is 14.0 Å². The van der Waals surface area contributed by atoms with Crippen LogP contribution in [0.25, 0.3) is 0 Å². The van der Waals surface area contributed by atoms with Gasteiger partial charge < -0.3 is 10.6 Å². The number of hydrogen-bond acceptors (Lipinski definition) is 3. The van der Waals surface area contributed by atoms with Crippen molar-refractivity contribution in [3.63, 3.8) is 0 Å². The zero-order valence-electron chi connectivity index (χ0n) is 10.1. The molecule has 0 aromatic heterocycles. The molecule has 1 amide bonds. The Bertz CT molecular complexity index is 504. The molecule has 5 heteroatoms. The molecule has 0 radical (unpaired) electrons. The summed E-state index contributed by atoms with van der Waals surface area (Å²) in [6.45, 7) is 2.88. The lowest BCUT2D eigenvalue weighted by Crippen LogP contribution is -2.37. The predicted octanol–water partition coefficient (Wildman–Crippen LogP) is 1.34. The lowest BCUT2D eigenvalue weighted by Gasteiger charge is -2.22. The molecule has 1 heterocycles. The van der Waals surface area contributed by atoms with E-state index in [1.165, 1.54) is 12.1 Å². The molecule has 18 heavy (non-hydrogen) atoms. The number of carbonyl (C=O) groups excluding carboxylic acids is 2. The van der Waals surface area contributed by atoms with Gasteiger partial charge in [-0.2, -0.15) is 0 Å². The van der Waals surface area contributed by atoms with Gasteiger partial charge >= 0.3 is 0 Å². The monoisotopic (exact) mass is 250 g/mol. The molecule has 1 aromatic rings. The number of nitrogens with zero attached hydrogens (tertiary/aromatic N) is 1. The van der Waals surface area contributed by atoms with Gasteiger partial charge in [-0.05, 0) is 31.5 Å². The number of rotatable bonds is 3. The van der Waals surface area contributed by atoms with Crippen molar-refractivity contribution in [2.45, 2.75) is 13.3 Å². The molecule has 96 valence electrons. The molecule has 1 aliphatic rings. The van der Waals surface area contributed by atoms with E-state index in [2.05, 4.69) is 0 Å². The molecule has 0 saturated carbocycles. The highest BCUT2D eigenvalue weighted by molar-refractivity contribution is 5.82. The van der Waals surface area contributed by atoms with Crippen molar-refractivity contribution >= 4 is 17.9 Å². The molecule has 0 spiro atoms. The second-order valence-corrected chi connectivity index (χ2v) is 4.96. The SMILES string of the molecule is CC1(C(N)=O)CCN(c2cc(F)cc(C=O)c2)C1. The summed E-state index contributed by atoms with van der Waals surface area (Å²) in [5, 5.41) is 0. The second-order valence-electron chi connectivity index (χ2n) is 4.96. The number of primary amides is 1. The normalized spacial score (nSPS) is 23.1. The third-order valence-corrected chi connectivity index (χ3v) is 3.47. The third-order valence-electron chi connectivity index (χ3n) is 3.47. The zero-order valence-corrected chi connectivity index (χ0v) is 10.1. The van der Waals surface area contributed by atoms with E-state index in [0.717, 1.165) is 0 Å². The predicted molar refractivity (Wildman–Crippen MR) is 65.9 cm³/mol. The van der Waals surface area contributed by atoms with Crippen LogP contribution in [0.15, 0.2) is 18.2 Å². The van der Waals surface area contributed by atoms with Gasteiger partial charge in [-0.15, -0.1) is 0 Å². The van der Waals surface area contributed by atoms with Gasteiger partial charge in [-0.1, -0.05) is 0 Å². The van der Waals surface area contributed by atoms with Gasteiger partial charge in [0.1, 0.15) is 12.1 Å². The van der Waals surface area contributed by atoms with E-state index in [4.69, 9.17) is 5.73 Å². The van der Waals surface area contributed by atoms with Crippen LogP contribution in [0.5, 0.6) is 0 Å². The average molecular weight is 250 g/mol. The van der Waals surface area contributed by atoms with Gasteiger partial charge in [-0.3, -0.25) is 9.59 Å². The molecule has 1 fully saturated rings. The molecule has 1 saturated heterocycles. The van der Waals surface area contributed by atoms with Gasteiger partial charge in [0.15, 0.2) is 0 Å². The summed E-state index contributed by atoms with van der Waals surface area (Å²) in [4.78, 5) is 23.9. The van der Waals surface area contributed by atoms with Crippen LogP contribution in [0.1, 0.15) is 23.7 Å². The molecule has 4 nitrogen and oxygen atoms in total. The summed E-state index contributed by atoms with van der Waals surface area (Å²) in [5.41, 5.74) is 5.68. The number of amides is 1. The van der Waals surface area contributed by atoms with Crippen LogP contribution in [0, 0.1) is 11.2 Å². The number of aldehydes is 1. The van der Waals surface area contributed by atoms with E-state index in [-0.39, 0.29) is 11.5 Å². The molecular weight excluding hydrogens is 235 g/mol. The first-order valence-electron chi connectivity index (χ1n) is 5.75. The topological polar surface area (TPSA) is 63.4 Å². The van der Waals surface area contributed by atoms with E-state index in [1.54, 1.807) is 13.0 Å². The summed E-state index contributed by atoms with van der Waals surface area (Å²) in [6, 6.07) is 4.16. The van der Waals surface area contributed by atoms with Crippen molar-refractivity contribution < 1.29 is 14.0 Å². The van der Waals surface area contributed by atoms with Crippen LogP contribution in [-0.2, 0) is 4.79 Å². The van der Waals surface area contributed by atoms with Gasteiger partial charge in [0.05, 0.1) is 5.41 Å². The number of benzene rings is 1. The van der Waals surface area contributed by atoms with E-state index in [1.807, 2.05) is 4.90 Å². The molecule has 0 bridgehead atoms. The smallest absolute Gasteiger partial charge is 0.225 e. The van der Waals surface area contributed by atoms with Crippen molar-refractivity contribution in [3.8, 4) is 0 Å². The van der Waals surface area contributed by atoms with Crippen LogP contribution in [-0.4, -0.2) is 25.3 Å². The van der Waals surface area contributed by atoms with Crippen molar-refractivity contribution in [2.75, 3.05) is 18.0 Å². The number of hydrogen-bond donors (Lipinski definition) is 1. The molecule has 2 N–H and O–H groups in total. The van der Waals surface area contributed by atoms with Crippen LogP contribution in [0.4, 0.5) is 10.1 Å². The highest BCUT2D eigenvalue weighted by Crippen LogP contribution is 2.33. The first kappa shape index (κ1) is 12.5. The van der Waals surface area contributed by atoms with Crippen molar-refractivity contribution in [1.29, 1.82) is 0 Å². The summed E-state index contributed by atoms with van der Waals surface area (Å²) >= 11 is 0. The molecule has 1 atom stereocenters. The Morgan fingerprint density at radius 1 is 1.50 bits per heavy atom. The Labute approximate surface area is 105 Å². The Balaban J connectivity index is 2.26. The van der Waals surface area contributed by atoms with E-state index in [0.29, 0.717) is 31.5 Å².